The fourth-order valence-electron chi connectivity index (χ4n) is 4.61. The van der Waals surface area contributed by atoms with Crippen LogP contribution in [-0.4, -0.2) is 39.2 Å². The van der Waals surface area contributed by atoms with Crippen molar-refractivity contribution >= 4 is 17.6 Å². The third-order valence-electron chi connectivity index (χ3n) is 6.22. The quantitative estimate of drug-likeness (QED) is 0.728. The molecule has 2 aliphatic rings. The number of halogens is 3. The summed E-state index contributed by atoms with van der Waals surface area (Å²) in [5, 5.41) is 1.94. The number of hydrogen-bond donors (Lipinski definition) is 1. The van der Waals surface area contributed by atoms with Crippen molar-refractivity contribution in [3.63, 3.8) is 0 Å². The minimum Gasteiger partial charge on any atom is -0.326 e. The van der Waals surface area contributed by atoms with Gasteiger partial charge in [0.25, 0.3) is 11.8 Å². The van der Waals surface area contributed by atoms with E-state index >= 15 is 0 Å². The molecular weight excluding hydrogens is 447 g/mol. The summed E-state index contributed by atoms with van der Waals surface area (Å²) < 4.78 is 44.4. The molecule has 1 aliphatic heterocycles. The highest BCUT2D eigenvalue weighted by molar-refractivity contribution is 6.14. The van der Waals surface area contributed by atoms with Gasteiger partial charge in [0.1, 0.15) is 0 Å². The van der Waals surface area contributed by atoms with Crippen LogP contribution in [0.4, 0.5) is 13.2 Å². The van der Waals surface area contributed by atoms with Crippen molar-refractivity contribution in [3.8, 4) is 0 Å². The number of alkyl halides is 3. The van der Waals surface area contributed by atoms with Gasteiger partial charge in [-0.15, -0.1) is 0 Å². The number of carbonyl (C=O) groups excluding carboxylic acids is 3. The van der Waals surface area contributed by atoms with Crippen LogP contribution >= 0.6 is 0 Å². The van der Waals surface area contributed by atoms with Gasteiger partial charge in [0, 0.05) is 30.1 Å². The lowest BCUT2D eigenvalue weighted by molar-refractivity contribution is -0.190. The van der Waals surface area contributed by atoms with Gasteiger partial charge in [0.15, 0.2) is 5.78 Å². The van der Waals surface area contributed by atoms with Crippen molar-refractivity contribution in [2.24, 2.45) is 5.41 Å². The summed E-state index contributed by atoms with van der Waals surface area (Å²) in [4.78, 5) is 44.7. The van der Waals surface area contributed by atoms with Crippen LogP contribution in [0.5, 0.6) is 0 Å². The minimum absolute atomic E-state index is 0.00312. The zero-order valence-corrected chi connectivity index (χ0v) is 19.0. The molecule has 0 saturated heterocycles. The Morgan fingerprint density at radius 2 is 1.79 bits per heavy atom. The molecule has 2 aromatic rings. The average Bonchev–Trinajstić information content (AvgIpc) is 2.97. The molecule has 0 fully saturated rings. The van der Waals surface area contributed by atoms with Crippen LogP contribution in [-0.2, 0) is 16.1 Å². The molecule has 0 radical (unpaired) electrons. The van der Waals surface area contributed by atoms with Crippen LogP contribution in [0.1, 0.15) is 48.2 Å². The molecule has 1 atom stereocenters. The Bertz CT molecular complexity index is 1190. The van der Waals surface area contributed by atoms with Gasteiger partial charge in [0.2, 0.25) is 5.54 Å². The number of carbonyl (C=O) groups is 3. The summed E-state index contributed by atoms with van der Waals surface area (Å²) in [6.45, 7) is 5.10. The van der Waals surface area contributed by atoms with Gasteiger partial charge in [0.05, 0.1) is 12.1 Å². The highest BCUT2D eigenvalue weighted by Gasteiger charge is 2.71. The first-order chi connectivity index (χ1) is 15.9. The van der Waals surface area contributed by atoms with E-state index in [1.54, 1.807) is 45.0 Å². The monoisotopic (exact) mass is 471 g/mol. The van der Waals surface area contributed by atoms with E-state index in [2.05, 4.69) is 4.98 Å². The molecule has 0 unspecified atom stereocenters. The first-order valence-electron chi connectivity index (χ1n) is 10.8. The Balaban J connectivity index is 1.86. The predicted octanol–water partition coefficient (Wildman–Crippen LogP) is 4.11. The third kappa shape index (κ3) is 3.89. The van der Waals surface area contributed by atoms with E-state index in [4.69, 9.17) is 0 Å². The molecule has 0 bridgehead atoms. The maximum absolute atomic E-state index is 14.8. The zero-order valence-electron chi connectivity index (χ0n) is 19.0. The van der Waals surface area contributed by atoms with E-state index in [0.717, 1.165) is 10.5 Å². The number of hydrogen-bond acceptors (Lipinski definition) is 4. The lowest BCUT2D eigenvalue weighted by Crippen LogP contribution is -2.66. The molecule has 4 rings (SSSR count). The number of nitrogens with zero attached hydrogens (tertiary/aromatic N) is 2. The molecule has 1 aliphatic carbocycles. The van der Waals surface area contributed by atoms with E-state index in [9.17, 15) is 27.6 Å². The largest absolute Gasteiger partial charge is 0.425 e. The summed E-state index contributed by atoms with van der Waals surface area (Å²) in [7, 11) is 0. The second-order valence-corrected chi connectivity index (χ2v) is 9.58. The van der Waals surface area contributed by atoms with Crippen LogP contribution in [0.25, 0.3) is 0 Å². The van der Waals surface area contributed by atoms with Crippen molar-refractivity contribution in [2.75, 3.05) is 0 Å². The Kier molecular flexibility index (Phi) is 5.62. The van der Waals surface area contributed by atoms with Crippen molar-refractivity contribution in [1.29, 1.82) is 0 Å². The molecule has 178 valence electrons. The molecule has 9 heteroatoms. The molecule has 34 heavy (non-hydrogen) atoms. The Morgan fingerprint density at radius 1 is 1.12 bits per heavy atom. The van der Waals surface area contributed by atoms with E-state index in [1.807, 2.05) is 5.32 Å². The first-order valence-corrected chi connectivity index (χ1v) is 10.8. The topological polar surface area (TPSA) is 79.4 Å². The third-order valence-corrected chi connectivity index (χ3v) is 6.22. The Hall–Kier alpha value is -3.49. The summed E-state index contributed by atoms with van der Waals surface area (Å²) >= 11 is 0. The molecule has 0 spiro atoms. The lowest BCUT2D eigenvalue weighted by Gasteiger charge is -2.35. The van der Waals surface area contributed by atoms with E-state index in [-0.39, 0.29) is 30.6 Å². The normalized spacial score (nSPS) is 22.1. The molecule has 0 saturated carbocycles. The highest BCUT2D eigenvalue weighted by Crippen LogP contribution is 2.52. The zero-order chi connectivity index (χ0) is 24.9. The Morgan fingerprint density at radius 3 is 2.38 bits per heavy atom. The number of nitrogens with one attached hydrogen (secondary N) is 1. The highest BCUT2D eigenvalue weighted by atomic mass is 19.4. The van der Waals surface area contributed by atoms with Gasteiger partial charge in [-0.05, 0) is 42.5 Å². The van der Waals surface area contributed by atoms with Gasteiger partial charge < -0.3 is 10.2 Å². The summed E-state index contributed by atoms with van der Waals surface area (Å²) in [5.41, 5.74) is -3.52. The van der Waals surface area contributed by atoms with Crippen LogP contribution in [0.15, 0.2) is 60.1 Å². The van der Waals surface area contributed by atoms with Crippen LogP contribution < -0.4 is 5.32 Å². The van der Waals surface area contributed by atoms with Gasteiger partial charge in [-0.3, -0.25) is 19.4 Å². The van der Waals surface area contributed by atoms with Crippen molar-refractivity contribution in [2.45, 2.75) is 51.9 Å². The number of aromatic nitrogens is 1. The van der Waals surface area contributed by atoms with Gasteiger partial charge in [-0.2, -0.15) is 13.2 Å². The van der Waals surface area contributed by atoms with E-state index in [0.29, 0.717) is 5.56 Å². The lowest BCUT2D eigenvalue weighted by atomic mass is 9.72. The smallest absolute Gasteiger partial charge is 0.326 e. The molecule has 1 aromatic carbocycles. The molecule has 2 heterocycles. The summed E-state index contributed by atoms with van der Waals surface area (Å²) in [6.07, 6.45) is -2.38. The van der Waals surface area contributed by atoms with Crippen LogP contribution in [0.3, 0.4) is 0 Å². The average molecular weight is 471 g/mol. The SMILES string of the molecule is Cc1ccc(C(=O)N[C@@]2(C(F)(F)F)C(=O)N(Cc3cccnc3)C3=C2C(=O)CC(C)(C)C3)cc1. The van der Waals surface area contributed by atoms with E-state index in [1.165, 1.54) is 24.5 Å². The van der Waals surface area contributed by atoms with Gasteiger partial charge in [-0.25, -0.2) is 0 Å². The number of benzene rings is 1. The Labute approximate surface area is 194 Å². The summed E-state index contributed by atoms with van der Waals surface area (Å²) in [5.74, 6) is -3.27. The number of allylic oxidation sites excluding steroid dienone is 1. The van der Waals surface area contributed by atoms with Crippen molar-refractivity contribution < 1.29 is 27.6 Å². The maximum atomic E-state index is 14.8. The van der Waals surface area contributed by atoms with Crippen molar-refractivity contribution in [3.05, 3.63) is 76.8 Å². The maximum Gasteiger partial charge on any atom is 0.425 e. The first kappa shape index (κ1) is 23.7. The van der Waals surface area contributed by atoms with Gasteiger partial charge in [-0.1, -0.05) is 37.6 Å². The molecule has 1 N–H and O–H groups in total. The second kappa shape index (κ2) is 8.07. The van der Waals surface area contributed by atoms with E-state index < -0.39 is 40.3 Å². The fraction of sp³-hybridized carbons (Fsp3) is 0.360. The molecule has 6 nitrogen and oxygen atoms in total. The number of pyridine rings is 1. The number of amides is 2. The number of rotatable bonds is 4. The van der Waals surface area contributed by atoms with Crippen LogP contribution in [0.2, 0.25) is 0 Å². The van der Waals surface area contributed by atoms with Crippen LogP contribution in [0, 0.1) is 12.3 Å². The second-order valence-electron chi connectivity index (χ2n) is 9.58. The minimum atomic E-state index is -5.24. The molecular formula is C25H24F3N3O3. The molecule has 1 aromatic heterocycles. The standard InChI is InChI=1S/C25H24F3N3O3/c1-15-6-8-17(9-7-15)21(33)30-24(25(26,27)28)20-18(11-23(2,3)12-19(20)32)31(22(24)34)14-16-5-4-10-29-13-16/h4-10,13H,11-12,14H2,1-3H3,(H,30,33)/t24-/m1/s1. The summed E-state index contributed by atoms with van der Waals surface area (Å²) in [6, 6.07) is 9.16. The van der Waals surface area contributed by atoms with Crippen molar-refractivity contribution in [1.82, 2.24) is 15.2 Å². The number of aryl methyl sites for hydroxylation is 1. The molecule has 2 amide bonds. The fourth-order valence-corrected chi connectivity index (χ4v) is 4.61. The van der Waals surface area contributed by atoms with Gasteiger partial charge >= 0.3 is 6.18 Å². The number of Topliss-reactive ketones (excluding diaryl/α,β-unsaturated/α-hetero) is 1. The predicted molar refractivity (Wildman–Crippen MR) is 117 cm³/mol. The number of ketones is 1.